The molecule has 1 aliphatic carbocycles. The fraction of sp³-hybridized carbons (Fsp3) is 0.692. The summed E-state index contributed by atoms with van der Waals surface area (Å²) in [6, 6.07) is 1.97. The molecule has 0 aliphatic heterocycles. The summed E-state index contributed by atoms with van der Waals surface area (Å²) in [4.78, 5) is 0. The molecule has 1 saturated carbocycles. The molecular weight excluding hydrogens is 282 g/mol. The summed E-state index contributed by atoms with van der Waals surface area (Å²) in [6.45, 7) is 7.30. The van der Waals surface area contributed by atoms with E-state index in [0.29, 0.717) is 17.3 Å². The van der Waals surface area contributed by atoms with Gasteiger partial charge in [-0.2, -0.15) is 0 Å². The van der Waals surface area contributed by atoms with Crippen molar-refractivity contribution in [1.29, 1.82) is 0 Å². The van der Waals surface area contributed by atoms with Crippen LogP contribution in [0.3, 0.4) is 0 Å². The molecule has 1 N–H and O–H groups in total. The van der Waals surface area contributed by atoms with E-state index < -0.39 is 0 Å². The minimum absolute atomic E-state index is 0.320. The summed E-state index contributed by atoms with van der Waals surface area (Å²) >= 11 is 3.54. The van der Waals surface area contributed by atoms with Gasteiger partial charge in [0.1, 0.15) is 5.76 Å². The van der Waals surface area contributed by atoms with E-state index in [-0.39, 0.29) is 0 Å². The van der Waals surface area contributed by atoms with Crippen LogP contribution in [-0.2, 0) is 4.74 Å². The van der Waals surface area contributed by atoms with Gasteiger partial charge in [0.2, 0.25) is 0 Å². The molecule has 2 unspecified atom stereocenters. The van der Waals surface area contributed by atoms with Crippen molar-refractivity contribution < 1.29 is 9.15 Å². The van der Waals surface area contributed by atoms with Crippen LogP contribution in [0.4, 0.5) is 0 Å². The van der Waals surface area contributed by atoms with Gasteiger partial charge < -0.3 is 14.5 Å². The molecule has 1 aromatic rings. The minimum atomic E-state index is 0.320. The molecule has 17 heavy (non-hydrogen) atoms. The molecule has 2 atom stereocenters. The largest absolute Gasteiger partial charge is 0.468 e. The first-order chi connectivity index (χ1) is 8.09. The molecule has 1 aromatic heterocycles. The van der Waals surface area contributed by atoms with E-state index >= 15 is 0 Å². The van der Waals surface area contributed by atoms with Crippen molar-refractivity contribution in [3.63, 3.8) is 0 Å². The second kappa shape index (κ2) is 5.12. The third kappa shape index (κ3) is 2.59. The lowest BCUT2D eigenvalue weighted by Gasteiger charge is -2.04. The van der Waals surface area contributed by atoms with Crippen LogP contribution >= 0.6 is 15.9 Å². The predicted molar refractivity (Wildman–Crippen MR) is 71.2 cm³/mol. The average molecular weight is 302 g/mol. The van der Waals surface area contributed by atoms with E-state index in [0.717, 1.165) is 29.9 Å². The SMILES string of the molecule is COCCNCC1C(c2occc2Br)C1(C)C. The fourth-order valence-corrected chi connectivity index (χ4v) is 3.05. The maximum atomic E-state index is 5.58. The van der Waals surface area contributed by atoms with Crippen molar-refractivity contribution in [3.8, 4) is 0 Å². The molecule has 0 amide bonds. The molecule has 96 valence electrons. The normalized spacial score (nSPS) is 26.1. The van der Waals surface area contributed by atoms with Gasteiger partial charge in [0.25, 0.3) is 0 Å². The summed E-state index contributed by atoms with van der Waals surface area (Å²) in [7, 11) is 1.73. The third-order valence-electron chi connectivity index (χ3n) is 3.82. The molecular formula is C13H20BrNO2. The molecule has 0 bridgehead atoms. The van der Waals surface area contributed by atoms with E-state index in [1.165, 1.54) is 0 Å². The van der Waals surface area contributed by atoms with Crippen LogP contribution in [-0.4, -0.2) is 26.8 Å². The Kier molecular flexibility index (Phi) is 3.95. The van der Waals surface area contributed by atoms with Crippen LogP contribution in [0.1, 0.15) is 25.5 Å². The minimum Gasteiger partial charge on any atom is -0.468 e. The Hall–Kier alpha value is -0.320. The van der Waals surface area contributed by atoms with E-state index in [4.69, 9.17) is 9.15 Å². The number of nitrogens with one attached hydrogen (secondary N) is 1. The molecule has 0 saturated heterocycles. The highest BCUT2D eigenvalue weighted by Crippen LogP contribution is 2.65. The molecule has 2 rings (SSSR count). The molecule has 1 heterocycles. The number of ether oxygens (including phenoxy) is 1. The smallest absolute Gasteiger partial charge is 0.121 e. The Morgan fingerprint density at radius 1 is 1.53 bits per heavy atom. The highest BCUT2D eigenvalue weighted by atomic mass is 79.9. The molecule has 0 radical (unpaired) electrons. The number of hydrogen-bond donors (Lipinski definition) is 1. The number of hydrogen-bond acceptors (Lipinski definition) is 3. The van der Waals surface area contributed by atoms with Gasteiger partial charge in [-0.05, 0) is 39.9 Å². The van der Waals surface area contributed by atoms with Crippen molar-refractivity contribution in [3.05, 3.63) is 22.6 Å². The van der Waals surface area contributed by atoms with E-state index in [1.807, 2.05) is 6.07 Å². The Balaban J connectivity index is 1.90. The summed E-state index contributed by atoms with van der Waals surface area (Å²) < 4.78 is 11.7. The first kappa shape index (κ1) is 13.1. The Labute approximate surface area is 111 Å². The summed E-state index contributed by atoms with van der Waals surface area (Å²) in [6.07, 6.45) is 1.75. The van der Waals surface area contributed by atoms with E-state index in [9.17, 15) is 0 Å². The van der Waals surface area contributed by atoms with Gasteiger partial charge in [0.05, 0.1) is 17.3 Å². The number of furan rings is 1. The summed E-state index contributed by atoms with van der Waals surface area (Å²) in [5.41, 5.74) is 0.320. The number of rotatable bonds is 6. The Morgan fingerprint density at radius 2 is 2.29 bits per heavy atom. The van der Waals surface area contributed by atoms with Crippen molar-refractivity contribution in [2.75, 3.05) is 26.8 Å². The summed E-state index contributed by atoms with van der Waals surface area (Å²) in [5, 5.41) is 3.43. The van der Waals surface area contributed by atoms with Crippen molar-refractivity contribution in [2.45, 2.75) is 19.8 Å². The lowest BCUT2D eigenvalue weighted by molar-refractivity contribution is 0.198. The van der Waals surface area contributed by atoms with Gasteiger partial charge in [0.15, 0.2) is 0 Å². The highest BCUT2D eigenvalue weighted by Gasteiger charge is 2.59. The molecule has 0 aromatic carbocycles. The second-order valence-electron chi connectivity index (χ2n) is 5.24. The maximum Gasteiger partial charge on any atom is 0.121 e. The summed E-state index contributed by atoms with van der Waals surface area (Å²) in [5.74, 6) is 2.25. The zero-order valence-corrected chi connectivity index (χ0v) is 12.2. The Morgan fingerprint density at radius 3 is 2.88 bits per heavy atom. The van der Waals surface area contributed by atoms with Crippen LogP contribution < -0.4 is 5.32 Å². The quantitative estimate of drug-likeness (QED) is 0.820. The zero-order valence-electron chi connectivity index (χ0n) is 10.6. The zero-order chi connectivity index (χ0) is 12.5. The van der Waals surface area contributed by atoms with Gasteiger partial charge >= 0.3 is 0 Å². The lowest BCUT2D eigenvalue weighted by Crippen LogP contribution is -2.22. The van der Waals surface area contributed by atoms with Crippen LogP contribution in [0, 0.1) is 11.3 Å². The average Bonchev–Trinajstić information content (AvgIpc) is 2.60. The van der Waals surface area contributed by atoms with Crippen molar-refractivity contribution in [2.24, 2.45) is 11.3 Å². The third-order valence-corrected chi connectivity index (χ3v) is 4.48. The fourth-order valence-electron chi connectivity index (χ4n) is 2.60. The van der Waals surface area contributed by atoms with Gasteiger partial charge in [0, 0.05) is 19.6 Å². The van der Waals surface area contributed by atoms with Crippen LogP contribution in [0.15, 0.2) is 21.2 Å². The first-order valence-corrected chi connectivity index (χ1v) is 6.81. The maximum absolute atomic E-state index is 5.58. The van der Waals surface area contributed by atoms with Gasteiger partial charge in [-0.25, -0.2) is 0 Å². The lowest BCUT2D eigenvalue weighted by atomic mass is 10.1. The van der Waals surface area contributed by atoms with Crippen LogP contribution in [0.25, 0.3) is 0 Å². The molecule has 1 fully saturated rings. The Bertz CT molecular complexity index is 375. The second-order valence-corrected chi connectivity index (χ2v) is 6.09. The van der Waals surface area contributed by atoms with Crippen LogP contribution in [0.5, 0.6) is 0 Å². The van der Waals surface area contributed by atoms with Gasteiger partial charge in [-0.15, -0.1) is 0 Å². The van der Waals surface area contributed by atoms with Crippen molar-refractivity contribution >= 4 is 15.9 Å². The van der Waals surface area contributed by atoms with Gasteiger partial charge in [-0.1, -0.05) is 13.8 Å². The molecule has 4 heteroatoms. The molecule has 3 nitrogen and oxygen atoms in total. The van der Waals surface area contributed by atoms with E-state index in [1.54, 1.807) is 13.4 Å². The van der Waals surface area contributed by atoms with Crippen molar-refractivity contribution in [1.82, 2.24) is 5.32 Å². The predicted octanol–water partition coefficient (Wildman–Crippen LogP) is 3.02. The van der Waals surface area contributed by atoms with E-state index in [2.05, 4.69) is 35.1 Å². The topological polar surface area (TPSA) is 34.4 Å². The monoisotopic (exact) mass is 301 g/mol. The highest BCUT2D eigenvalue weighted by molar-refractivity contribution is 9.10. The molecule has 0 spiro atoms. The number of halogens is 1. The standard InChI is InChI=1S/C13H20BrNO2/c1-13(2)9(8-15-5-7-16-3)11(13)12-10(14)4-6-17-12/h4,6,9,11,15H,5,7-8H2,1-3H3. The van der Waals surface area contributed by atoms with Crippen LogP contribution in [0.2, 0.25) is 0 Å². The van der Waals surface area contributed by atoms with Gasteiger partial charge in [-0.3, -0.25) is 0 Å². The number of methoxy groups -OCH3 is 1. The molecule has 1 aliphatic rings. The first-order valence-electron chi connectivity index (χ1n) is 6.01.